The van der Waals surface area contributed by atoms with E-state index in [9.17, 15) is 9.59 Å². The average Bonchev–Trinajstić information content (AvgIpc) is 2.92. The van der Waals surface area contributed by atoms with Crippen molar-refractivity contribution in [2.45, 2.75) is 11.8 Å². The van der Waals surface area contributed by atoms with Crippen LogP contribution in [0.25, 0.3) is 0 Å². The molecule has 0 aliphatic heterocycles. The van der Waals surface area contributed by atoms with Gasteiger partial charge in [0.15, 0.2) is 18.9 Å². The Morgan fingerprint density at radius 3 is 2.50 bits per heavy atom. The summed E-state index contributed by atoms with van der Waals surface area (Å²) in [5, 5.41) is 9.22. The third kappa shape index (κ3) is 5.39. The van der Waals surface area contributed by atoms with Crippen molar-refractivity contribution in [2.75, 3.05) is 37.0 Å². The first kappa shape index (κ1) is 18.0. The molecule has 1 heterocycles. The first-order chi connectivity index (χ1) is 11.5. The lowest BCUT2D eigenvalue weighted by Gasteiger charge is -2.14. The van der Waals surface area contributed by atoms with E-state index in [1.807, 2.05) is 30.5 Å². The minimum absolute atomic E-state index is 0.140. The van der Waals surface area contributed by atoms with E-state index in [0.29, 0.717) is 11.6 Å². The number of nitrogens with one attached hydrogen (secondary N) is 3. The number of hydrogen-bond donors (Lipinski definition) is 3. The first-order valence-electron chi connectivity index (χ1n) is 7.45. The highest BCUT2D eigenvalue weighted by Gasteiger charge is 2.16. The van der Waals surface area contributed by atoms with Gasteiger partial charge in [-0.1, -0.05) is 17.3 Å². The van der Waals surface area contributed by atoms with Gasteiger partial charge in [-0.2, -0.15) is 0 Å². The summed E-state index contributed by atoms with van der Waals surface area (Å²) < 4.78 is 4.89. The van der Waals surface area contributed by atoms with E-state index in [0.717, 1.165) is 15.5 Å². The normalized spacial score (nSPS) is 11.8. The van der Waals surface area contributed by atoms with Crippen molar-refractivity contribution < 1.29 is 19.0 Å². The fraction of sp³-hybridized carbons (Fsp3) is 0.312. The highest BCUT2D eigenvalue weighted by molar-refractivity contribution is 7.98. The van der Waals surface area contributed by atoms with Crippen molar-refractivity contribution in [1.82, 2.24) is 5.16 Å². The Morgan fingerprint density at radius 1 is 1.21 bits per heavy atom. The molecular formula is C16H21N4O3S+. The lowest BCUT2D eigenvalue weighted by Crippen LogP contribution is -3.11. The van der Waals surface area contributed by atoms with Crippen LogP contribution in [0.2, 0.25) is 0 Å². The van der Waals surface area contributed by atoms with Crippen molar-refractivity contribution in [3.8, 4) is 0 Å². The SMILES string of the molecule is CSc1ccccc1NC(=O)C[NH+](C)CC(=O)Nc1cc(C)on1. The average molecular weight is 349 g/mol. The van der Waals surface area contributed by atoms with Crippen molar-refractivity contribution in [3.63, 3.8) is 0 Å². The zero-order chi connectivity index (χ0) is 17.5. The lowest BCUT2D eigenvalue weighted by molar-refractivity contribution is -0.862. The maximum Gasteiger partial charge on any atom is 0.280 e. The van der Waals surface area contributed by atoms with Gasteiger partial charge in [-0.15, -0.1) is 11.8 Å². The minimum atomic E-state index is -0.224. The molecular weight excluding hydrogens is 328 g/mol. The van der Waals surface area contributed by atoms with Crippen LogP contribution in [0.5, 0.6) is 0 Å². The highest BCUT2D eigenvalue weighted by Crippen LogP contribution is 2.24. The molecule has 0 bridgehead atoms. The lowest BCUT2D eigenvalue weighted by atomic mass is 10.3. The fourth-order valence-electron chi connectivity index (χ4n) is 2.17. The molecule has 0 saturated heterocycles. The van der Waals surface area contributed by atoms with Gasteiger partial charge in [0.2, 0.25) is 0 Å². The largest absolute Gasteiger partial charge is 0.360 e. The van der Waals surface area contributed by atoms with Gasteiger partial charge in [0, 0.05) is 11.0 Å². The summed E-state index contributed by atoms with van der Waals surface area (Å²) in [6, 6.07) is 9.25. The number of anilines is 2. The molecule has 1 aromatic carbocycles. The van der Waals surface area contributed by atoms with Gasteiger partial charge in [-0.25, -0.2) is 0 Å². The second-order valence-corrected chi connectivity index (χ2v) is 6.28. The highest BCUT2D eigenvalue weighted by atomic mass is 32.2. The molecule has 8 heteroatoms. The van der Waals surface area contributed by atoms with E-state index in [-0.39, 0.29) is 24.9 Å². The Balaban J connectivity index is 1.81. The molecule has 0 saturated carbocycles. The zero-order valence-electron chi connectivity index (χ0n) is 13.9. The number of carbonyl (C=O) groups is 2. The number of rotatable bonds is 7. The van der Waals surface area contributed by atoms with Crippen molar-refractivity contribution >= 4 is 35.1 Å². The number of quaternary nitrogens is 1. The third-order valence-electron chi connectivity index (χ3n) is 3.20. The fourth-order valence-corrected chi connectivity index (χ4v) is 2.72. The third-order valence-corrected chi connectivity index (χ3v) is 4.00. The molecule has 0 radical (unpaired) electrons. The van der Waals surface area contributed by atoms with Gasteiger partial charge in [0.25, 0.3) is 11.8 Å². The van der Waals surface area contributed by atoms with Crippen molar-refractivity contribution in [2.24, 2.45) is 0 Å². The number of amides is 2. The van der Waals surface area contributed by atoms with Crippen LogP contribution in [0.3, 0.4) is 0 Å². The van der Waals surface area contributed by atoms with Crippen molar-refractivity contribution in [3.05, 3.63) is 36.1 Å². The number of aromatic nitrogens is 1. The Morgan fingerprint density at radius 2 is 1.88 bits per heavy atom. The Kier molecular flexibility index (Phi) is 6.39. The molecule has 0 aliphatic rings. The summed E-state index contributed by atoms with van der Waals surface area (Å²) in [7, 11) is 1.79. The standard InChI is InChI=1S/C16H20N4O3S/c1-11-8-14(19-23-11)18-16(22)10-20(2)9-15(21)17-12-6-4-5-7-13(12)24-3/h4-8H,9-10H2,1-3H3,(H,17,21)(H,18,19,22)/p+1. The second kappa shape index (κ2) is 8.51. The molecule has 1 aromatic heterocycles. The molecule has 2 rings (SSSR count). The summed E-state index contributed by atoms with van der Waals surface area (Å²) in [5.41, 5.74) is 0.783. The van der Waals surface area contributed by atoms with Gasteiger partial charge < -0.3 is 20.1 Å². The van der Waals surface area contributed by atoms with E-state index in [2.05, 4.69) is 15.8 Å². The maximum absolute atomic E-state index is 12.1. The second-order valence-electron chi connectivity index (χ2n) is 5.43. The van der Waals surface area contributed by atoms with Crippen LogP contribution in [0, 0.1) is 6.92 Å². The number of aryl methyl sites for hydroxylation is 1. The van der Waals surface area contributed by atoms with Crippen LogP contribution in [-0.4, -0.2) is 43.4 Å². The number of benzene rings is 1. The molecule has 7 nitrogen and oxygen atoms in total. The summed E-state index contributed by atoms with van der Waals surface area (Å²) in [4.78, 5) is 25.8. The predicted molar refractivity (Wildman–Crippen MR) is 93.3 cm³/mol. The van der Waals surface area contributed by atoms with Crippen LogP contribution >= 0.6 is 11.8 Å². The van der Waals surface area contributed by atoms with E-state index < -0.39 is 0 Å². The molecule has 128 valence electrons. The van der Waals surface area contributed by atoms with Gasteiger partial charge in [0.1, 0.15) is 5.76 Å². The number of para-hydroxylation sites is 1. The first-order valence-corrected chi connectivity index (χ1v) is 8.67. The molecule has 3 N–H and O–H groups in total. The molecule has 0 spiro atoms. The Hall–Kier alpha value is -2.32. The minimum Gasteiger partial charge on any atom is -0.360 e. The van der Waals surface area contributed by atoms with Gasteiger partial charge >= 0.3 is 0 Å². The molecule has 1 unspecified atom stereocenters. The maximum atomic E-state index is 12.1. The monoisotopic (exact) mass is 349 g/mol. The number of carbonyl (C=O) groups excluding carboxylic acids is 2. The Bertz CT molecular complexity index is 717. The zero-order valence-corrected chi connectivity index (χ0v) is 14.7. The molecule has 1 atom stereocenters. The van der Waals surface area contributed by atoms with E-state index in [1.165, 1.54) is 0 Å². The van der Waals surface area contributed by atoms with E-state index in [4.69, 9.17) is 4.52 Å². The van der Waals surface area contributed by atoms with E-state index >= 15 is 0 Å². The number of likely N-dealkylation sites (N-methyl/N-ethyl adjacent to an activating group) is 1. The van der Waals surface area contributed by atoms with Gasteiger partial charge in [-0.3, -0.25) is 9.59 Å². The topological polar surface area (TPSA) is 88.7 Å². The molecule has 0 fully saturated rings. The number of thioether (sulfide) groups is 1. The quantitative estimate of drug-likeness (QED) is 0.644. The van der Waals surface area contributed by atoms with Crippen LogP contribution < -0.4 is 15.5 Å². The number of nitrogens with zero attached hydrogens (tertiary/aromatic N) is 1. The summed E-state index contributed by atoms with van der Waals surface area (Å²) in [5.74, 6) is 0.638. The summed E-state index contributed by atoms with van der Waals surface area (Å²) in [6.07, 6.45) is 1.96. The van der Waals surface area contributed by atoms with Crippen LogP contribution in [-0.2, 0) is 9.59 Å². The van der Waals surface area contributed by atoms with Crippen LogP contribution in [0.1, 0.15) is 5.76 Å². The summed E-state index contributed by atoms with van der Waals surface area (Å²) >= 11 is 1.57. The summed E-state index contributed by atoms with van der Waals surface area (Å²) in [6.45, 7) is 2.09. The molecule has 2 aromatic rings. The van der Waals surface area contributed by atoms with Gasteiger partial charge in [0.05, 0.1) is 12.7 Å². The van der Waals surface area contributed by atoms with Crippen molar-refractivity contribution in [1.29, 1.82) is 0 Å². The molecule has 24 heavy (non-hydrogen) atoms. The van der Waals surface area contributed by atoms with Crippen LogP contribution in [0.15, 0.2) is 39.8 Å². The molecule has 2 amide bonds. The molecule has 0 aliphatic carbocycles. The van der Waals surface area contributed by atoms with E-state index in [1.54, 1.807) is 31.8 Å². The van der Waals surface area contributed by atoms with Gasteiger partial charge in [-0.05, 0) is 25.3 Å². The number of hydrogen-bond acceptors (Lipinski definition) is 5. The Labute approximate surface area is 144 Å². The predicted octanol–water partition coefficient (Wildman–Crippen LogP) is 0.797. The smallest absolute Gasteiger partial charge is 0.280 e. The van der Waals surface area contributed by atoms with Crippen LogP contribution in [0.4, 0.5) is 11.5 Å².